The first-order chi connectivity index (χ1) is 15.5. The minimum Gasteiger partial charge on any atom is -0.399 e. The van der Waals surface area contributed by atoms with Crippen molar-refractivity contribution in [1.82, 2.24) is 19.2 Å². The van der Waals surface area contributed by atoms with Crippen LogP contribution >= 0.6 is 24.3 Å². The molecular formula is C22H27B3BrN4O2P. The maximum Gasteiger partial charge on any atom is 0.498 e. The van der Waals surface area contributed by atoms with Crippen LogP contribution in [0, 0.1) is 13.8 Å². The van der Waals surface area contributed by atoms with Crippen LogP contribution in [0.25, 0.3) is 11.0 Å². The topological polar surface area (TPSA) is 53.1 Å². The van der Waals surface area contributed by atoms with Crippen LogP contribution < -0.4 is 5.46 Å². The molecule has 5 rings (SSSR count). The molecule has 4 aromatic rings. The molecule has 1 fully saturated rings. The summed E-state index contributed by atoms with van der Waals surface area (Å²) >= 11 is 3.41. The SMILES string of the molecule is Cc1ccc2c(B3OC(C)(C)C(C)(C)O3)cnn2c1.Cc1ccc2c(Br)cnn2c1.[B]P[B]. The first kappa shape index (κ1) is 26.0. The van der Waals surface area contributed by atoms with Crippen LogP contribution in [0.3, 0.4) is 0 Å². The number of rotatable bonds is 1. The third-order valence-corrected chi connectivity index (χ3v) is 6.43. The molecule has 0 unspecified atom stereocenters. The molecule has 33 heavy (non-hydrogen) atoms. The van der Waals surface area contributed by atoms with Crippen molar-refractivity contribution < 1.29 is 9.31 Å². The summed E-state index contributed by atoms with van der Waals surface area (Å²) in [5.41, 5.74) is 4.87. The Morgan fingerprint density at radius 1 is 0.848 bits per heavy atom. The fraction of sp³-hybridized carbons (Fsp3) is 0.364. The van der Waals surface area contributed by atoms with Crippen molar-refractivity contribution >= 4 is 63.0 Å². The Balaban J connectivity index is 0.000000185. The van der Waals surface area contributed by atoms with Crippen LogP contribution in [0.5, 0.6) is 0 Å². The molecule has 0 spiro atoms. The lowest BCUT2D eigenvalue weighted by Gasteiger charge is -2.32. The lowest BCUT2D eigenvalue weighted by Crippen LogP contribution is -2.41. The Morgan fingerprint density at radius 2 is 1.30 bits per heavy atom. The molecule has 5 heterocycles. The summed E-state index contributed by atoms with van der Waals surface area (Å²) in [4.78, 5) is 0. The minimum atomic E-state index is -0.356. The van der Waals surface area contributed by atoms with Crippen molar-refractivity contribution in [3.05, 3.63) is 64.7 Å². The second-order valence-corrected chi connectivity index (χ2v) is 10.1. The van der Waals surface area contributed by atoms with Gasteiger partial charge >= 0.3 is 7.12 Å². The Morgan fingerprint density at radius 3 is 1.85 bits per heavy atom. The maximum absolute atomic E-state index is 6.07. The summed E-state index contributed by atoms with van der Waals surface area (Å²) in [6.07, 6.45) is 7.63. The molecule has 1 aliphatic heterocycles. The number of halogens is 1. The zero-order valence-electron chi connectivity index (χ0n) is 19.8. The van der Waals surface area contributed by atoms with Gasteiger partial charge in [0.05, 0.1) is 48.0 Å². The largest absolute Gasteiger partial charge is 0.498 e. The van der Waals surface area contributed by atoms with Crippen molar-refractivity contribution in [2.45, 2.75) is 52.7 Å². The molecular weight excluding hydrogens is 496 g/mol. The Kier molecular flexibility index (Phi) is 8.16. The van der Waals surface area contributed by atoms with Gasteiger partial charge in [-0.3, -0.25) is 0 Å². The first-order valence-electron chi connectivity index (χ1n) is 10.5. The van der Waals surface area contributed by atoms with Crippen LogP contribution in [0.4, 0.5) is 0 Å². The van der Waals surface area contributed by atoms with Crippen LogP contribution in [0.1, 0.15) is 38.8 Å². The van der Waals surface area contributed by atoms with Crippen LogP contribution in [0.2, 0.25) is 0 Å². The predicted octanol–water partition coefficient (Wildman–Crippen LogP) is 4.18. The molecule has 0 aliphatic carbocycles. The average molecular weight is 523 g/mol. The summed E-state index contributed by atoms with van der Waals surface area (Å²) in [7, 11) is 9.03. The molecule has 0 aromatic carbocycles. The highest BCUT2D eigenvalue weighted by Crippen LogP contribution is 2.36. The lowest BCUT2D eigenvalue weighted by molar-refractivity contribution is 0.00578. The molecule has 1 aliphatic rings. The second-order valence-electron chi connectivity index (χ2n) is 8.92. The van der Waals surface area contributed by atoms with Gasteiger partial charge in [0.25, 0.3) is 0 Å². The highest BCUT2D eigenvalue weighted by molar-refractivity contribution is 9.10. The summed E-state index contributed by atoms with van der Waals surface area (Å²) in [6, 6.07) is 8.25. The molecule has 0 saturated carbocycles. The number of nitrogens with zero attached hydrogens (tertiary/aromatic N) is 4. The number of aryl methyl sites for hydroxylation is 2. The van der Waals surface area contributed by atoms with Crippen molar-refractivity contribution in [2.24, 2.45) is 0 Å². The maximum atomic E-state index is 6.07. The van der Waals surface area contributed by atoms with Gasteiger partial charge in [0.1, 0.15) is 0 Å². The highest BCUT2D eigenvalue weighted by atomic mass is 79.9. The van der Waals surface area contributed by atoms with E-state index in [0.717, 1.165) is 21.0 Å². The van der Waals surface area contributed by atoms with Gasteiger partial charge < -0.3 is 9.31 Å². The number of hydrogen-bond acceptors (Lipinski definition) is 4. The van der Waals surface area contributed by atoms with E-state index in [1.165, 1.54) is 11.1 Å². The number of hydrogen-bond donors (Lipinski definition) is 0. The van der Waals surface area contributed by atoms with Crippen LogP contribution in [-0.2, 0) is 9.31 Å². The molecule has 0 amide bonds. The van der Waals surface area contributed by atoms with Crippen LogP contribution in [0.15, 0.2) is 53.5 Å². The van der Waals surface area contributed by atoms with E-state index in [1.54, 1.807) is 6.20 Å². The molecule has 6 nitrogen and oxygen atoms in total. The van der Waals surface area contributed by atoms with Gasteiger partial charge in [-0.05, 0) is 80.7 Å². The summed E-state index contributed by atoms with van der Waals surface area (Å²) in [6.45, 7) is 12.3. The van der Waals surface area contributed by atoms with Crippen molar-refractivity contribution in [2.75, 3.05) is 0 Å². The monoisotopic (exact) mass is 522 g/mol. The minimum absolute atomic E-state index is 0.0833. The van der Waals surface area contributed by atoms with E-state index in [0.29, 0.717) is 0 Å². The Bertz CT molecular complexity index is 1230. The van der Waals surface area contributed by atoms with Crippen molar-refractivity contribution in [1.29, 1.82) is 0 Å². The van der Waals surface area contributed by atoms with Gasteiger partial charge in [-0.25, -0.2) is 17.4 Å². The molecule has 0 N–H and O–H groups in total. The van der Waals surface area contributed by atoms with Gasteiger partial charge in [-0.2, -0.15) is 10.2 Å². The Labute approximate surface area is 208 Å². The van der Waals surface area contributed by atoms with Crippen molar-refractivity contribution in [3.8, 4) is 0 Å². The van der Waals surface area contributed by atoms with E-state index in [2.05, 4.69) is 101 Å². The van der Waals surface area contributed by atoms with E-state index in [4.69, 9.17) is 9.31 Å². The smallest absolute Gasteiger partial charge is 0.399 e. The fourth-order valence-electron chi connectivity index (χ4n) is 3.31. The molecule has 11 heteroatoms. The molecule has 0 bridgehead atoms. The normalized spacial score (nSPS) is 16.3. The third kappa shape index (κ3) is 5.73. The summed E-state index contributed by atoms with van der Waals surface area (Å²) in [5.74, 6) is 0. The Hall–Kier alpha value is -1.60. The average Bonchev–Trinajstić information content (AvgIpc) is 3.36. The van der Waals surface area contributed by atoms with E-state index >= 15 is 0 Å². The fourth-order valence-corrected chi connectivity index (χ4v) is 3.72. The lowest BCUT2D eigenvalue weighted by atomic mass is 9.80. The van der Waals surface area contributed by atoms with Gasteiger partial charge in [-0.15, -0.1) is 0 Å². The van der Waals surface area contributed by atoms with E-state index < -0.39 is 0 Å². The van der Waals surface area contributed by atoms with Gasteiger partial charge in [0.2, 0.25) is 0 Å². The van der Waals surface area contributed by atoms with Crippen LogP contribution in [-0.4, -0.2) is 52.7 Å². The van der Waals surface area contributed by atoms with Gasteiger partial charge in [0.15, 0.2) is 0 Å². The zero-order chi connectivity index (χ0) is 24.4. The number of fused-ring (bicyclic) bond motifs is 2. The molecule has 1 saturated heterocycles. The van der Waals surface area contributed by atoms with E-state index in [9.17, 15) is 0 Å². The standard InChI is InChI=1S/C14H19BN2O2.C8H7BrN2.B2HP/c1-10-6-7-12-11(8-16-17(12)9-10)15-18-13(2,3)14(4,5)19-15;1-6-2-3-8-7(9)4-10-11(8)5-6;1-3-2/h6-9H,1-5H3;2-5H,1H3;3H. The van der Waals surface area contributed by atoms with Crippen molar-refractivity contribution in [3.63, 3.8) is 0 Å². The van der Waals surface area contributed by atoms with E-state index in [-0.39, 0.29) is 26.7 Å². The summed E-state index contributed by atoms with van der Waals surface area (Å²) < 4.78 is 16.9. The number of aromatic nitrogens is 4. The second kappa shape index (κ2) is 10.3. The van der Waals surface area contributed by atoms with Gasteiger partial charge in [-0.1, -0.05) is 12.1 Å². The quantitative estimate of drug-likeness (QED) is 0.278. The molecule has 4 aromatic heterocycles. The molecule has 0 atom stereocenters. The van der Waals surface area contributed by atoms with Gasteiger partial charge in [0, 0.05) is 24.1 Å². The number of pyridine rings is 2. The third-order valence-electron chi connectivity index (χ3n) is 5.82. The first-order valence-corrected chi connectivity index (χ1v) is 12.5. The summed E-state index contributed by atoms with van der Waals surface area (Å²) in [5, 5.41) is 8.53. The van der Waals surface area contributed by atoms with E-state index in [1.807, 2.05) is 33.7 Å². The molecule has 4 radical (unpaired) electrons. The molecule has 168 valence electrons. The predicted molar refractivity (Wildman–Crippen MR) is 143 cm³/mol. The highest BCUT2D eigenvalue weighted by Gasteiger charge is 2.52. The zero-order valence-corrected chi connectivity index (χ0v) is 22.4.